The second-order valence-corrected chi connectivity index (χ2v) is 6.77. The standard InChI is InChI=1S/C20H20N2O5S/c1-13-5-4-6-15(9-13)26-11-19-21-22-20(27-19)28-12-17(23)16-10-14(24-2)7-8-18(16)25-3/h4-10H,11-12H2,1-3H3. The molecule has 3 rings (SSSR count). The van der Waals surface area contributed by atoms with Crippen LogP contribution in [0.1, 0.15) is 21.8 Å². The van der Waals surface area contributed by atoms with Gasteiger partial charge in [0.2, 0.25) is 0 Å². The number of carbonyl (C=O) groups excluding carboxylic acids is 1. The molecule has 7 nitrogen and oxygen atoms in total. The van der Waals surface area contributed by atoms with Crippen LogP contribution in [0.15, 0.2) is 52.1 Å². The lowest BCUT2D eigenvalue weighted by atomic mass is 10.1. The van der Waals surface area contributed by atoms with Gasteiger partial charge in [-0.05, 0) is 42.8 Å². The van der Waals surface area contributed by atoms with Crippen molar-refractivity contribution in [3.8, 4) is 17.2 Å². The second kappa shape index (κ2) is 9.27. The van der Waals surface area contributed by atoms with E-state index in [0.29, 0.717) is 28.2 Å². The maximum Gasteiger partial charge on any atom is 0.277 e. The van der Waals surface area contributed by atoms with Crippen LogP contribution in [0.5, 0.6) is 17.2 Å². The molecule has 0 aliphatic heterocycles. The van der Waals surface area contributed by atoms with Crippen LogP contribution in [0.2, 0.25) is 0 Å². The van der Waals surface area contributed by atoms with Crippen LogP contribution < -0.4 is 14.2 Å². The van der Waals surface area contributed by atoms with Gasteiger partial charge < -0.3 is 18.6 Å². The Bertz CT molecular complexity index is 957. The summed E-state index contributed by atoms with van der Waals surface area (Å²) < 4.78 is 21.6. The van der Waals surface area contributed by atoms with Crippen molar-refractivity contribution in [1.29, 1.82) is 0 Å². The first-order valence-corrected chi connectivity index (χ1v) is 9.47. The first kappa shape index (κ1) is 19.8. The summed E-state index contributed by atoms with van der Waals surface area (Å²) in [5.41, 5.74) is 1.54. The monoisotopic (exact) mass is 400 g/mol. The Hall–Kier alpha value is -3.00. The summed E-state index contributed by atoms with van der Waals surface area (Å²) in [4.78, 5) is 12.5. The zero-order chi connectivity index (χ0) is 19.9. The number of hydrogen-bond acceptors (Lipinski definition) is 8. The molecule has 2 aromatic carbocycles. The Morgan fingerprint density at radius 2 is 1.93 bits per heavy atom. The van der Waals surface area contributed by atoms with Gasteiger partial charge in [0.25, 0.3) is 11.1 Å². The second-order valence-electron chi connectivity index (χ2n) is 5.84. The molecule has 28 heavy (non-hydrogen) atoms. The topological polar surface area (TPSA) is 83.7 Å². The van der Waals surface area contributed by atoms with E-state index in [4.69, 9.17) is 18.6 Å². The van der Waals surface area contributed by atoms with E-state index >= 15 is 0 Å². The lowest BCUT2D eigenvalue weighted by Gasteiger charge is -2.08. The predicted octanol–water partition coefficient (Wildman–Crippen LogP) is 3.95. The van der Waals surface area contributed by atoms with Crippen molar-refractivity contribution in [1.82, 2.24) is 10.2 Å². The van der Waals surface area contributed by atoms with Gasteiger partial charge in [0.05, 0.1) is 25.5 Å². The van der Waals surface area contributed by atoms with Crippen molar-refractivity contribution in [2.24, 2.45) is 0 Å². The number of methoxy groups -OCH3 is 2. The third kappa shape index (κ3) is 5.04. The zero-order valence-corrected chi connectivity index (χ0v) is 16.6. The Labute approximate surface area is 167 Å². The van der Waals surface area contributed by atoms with E-state index in [1.807, 2.05) is 31.2 Å². The lowest BCUT2D eigenvalue weighted by molar-refractivity contribution is 0.101. The minimum absolute atomic E-state index is 0.128. The molecule has 0 unspecified atom stereocenters. The van der Waals surface area contributed by atoms with Crippen molar-refractivity contribution in [2.45, 2.75) is 18.8 Å². The number of aromatic nitrogens is 2. The molecule has 1 aromatic heterocycles. The molecule has 0 spiro atoms. The van der Waals surface area contributed by atoms with Gasteiger partial charge in [-0.25, -0.2) is 0 Å². The number of ether oxygens (including phenoxy) is 3. The lowest BCUT2D eigenvalue weighted by Crippen LogP contribution is -2.05. The number of carbonyl (C=O) groups is 1. The molecule has 8 heteroatoms. The normalized spacial score (nSPS) is 10.5. The molecular formula is C20H20N2O5S. The third-order valence-corrected chi connectivity index (χ3v) is 4.65. The highest BCUT2D eigenvalue weighted by Gasteiger charge is 2.16. The Kier molecular flexibility index (Phi) is 6.54. The molecule has 0 N–H and O–H groups in total. The Balaban J connectivity index is 1.57. The molecule has 0 saturated heterocycles. The molecule has 3 aromatic rings. The fourth-order valence-electron chi connectivity index (χ4n) is 2.44. The van der Waals surface area contributed by atoms with Gasteiger partial charge >= 0.3 is 0 Å². The highest BCUT2D eigenvalue weighted by molar-refractivity contribution is 7.99. The van der Waals surface area contributed by atoms with Crippen molar-refractivity contribution in [3.63, 3.8) is 0 Å². The van der Waals surface area contributed by atoms with Crippen LogP contribution in [0.25, 0.3) is 0 Å². The number of thioether (sulfide) groups is 1. The predicted molar refractivity (Wildman–Crippen MR) is 104 cm³/mol. The molecule has 0 bridgehead atoms. The number of ketones is 1. The van der Waals surface area contributed by atoms with E-state index in [-0.39, 0.29) is 18.1 Å². The van der Waals surface area contributed by atoms with E-state index < -0.39 is 0 Å². The fraction of sp³-hybridized carbons (Fsp3) is 0.250. The van der Waals surface area contributed by atoms with Gasteiger partial charge in [-0.2, -0.15) is 0 Å². The number of nitrogens with zero attached hydrogens (tertiary/aromatic N) is 2. The summed E-state index contributed by atoms with van der Waals surface area (Å²) in [5, 5.41) is 8.20. The summed E-state index contributed by atoms with van der Waals surface area (Å²) in [7, 11) is 3.06. The average molecular weight is 400 g/mol. The molecule has 0 atom stereocenters. The van der Waals surface area contributed by atoms with Crippen LogP contribution in [-0.2, 0) is 6.61 Å². The molecule has 0 saturated carbocycles. The SMILES string of the molecule is COc1ccc(OC)c(C(=O)CSc2nnc(COc3cccc(C)c3)o2)c1. The van der Waals surface area contributed by atoms with Crippen LogP contribution in [0.3, 0.4) is 0 Å². The summed E-state index contributed by atoms with van der Waals surface area (Å²) >= 11 is 1.16. The van der Waals surface area contributed by atoms with Crippen molar-refractivity contribution in [3.05, 3.63) is 59.5 Å². The van der Waals surface area contributed by atoms with E-state index in [0.717, 1.165) is 23.1 Å². The minimum Gasteiger partial charge on any atom is -0.497 e. The van der Waals surface area contributed by atoms with Crippen LogP contribution >= 0.6 is 11.8 Å². The molecule has 0 aliphatic rings. The molecule has 0 radical (unpaired) electrons. The van der Waals surface area contributed by atoms with Gasteiger partial charge in [0, 0.05) is 0 Å². The zero-order valence-electron chi connectivity index (χ0n) is 15.8. The van der Waals surface area contributed by atoms with Crippen LogP contribution in [0, 0.1) is 6.92 Å². The van der Waals surface area contributed by atoms with Crippen molar-refractivity contribution < 1.29 is 23.4 Å². The number of rotatable bonds is 9. The summed E-state index contributed by atoms with van der Waals surface area (Å²) in [6, 6.07) is 12.8. The smallest absolute Gasteiger partial charge is 0.277 e. The molecule has 0 aliphatic carbocycles. The maximum absolute atomic E-state index is 12.5. The minimum atomic E-state index is -0.128. The highest BCUT2D eigenvalue weighted by atomic mass is 32.2. The van der Waals surface area contributed by atoms with Gasteiger partial charge in [-0.15, -0.1) is 10.2 Å². The highest BCUT2D eigenvalue weighted by Crippen LogP contribution is 2.27. The first-order chi connectivity index (χ1) is 13.6. The molecule has 146 valence electrons. The molecule has 0 fully saturated rings. The summed E-state index contributed by atoms with van der Waals surface area (Å²) in [6.45, 7) is 2.15. The summed E-state index contributed by atoms with van der Waals surface area (Å²) in [5.74, 6) is 2.15. The molecule has 0 amide bonds. The van der Waals surface area contributed by atoms with Gasteiger partial charge in [0.1, 0.15) is 17.2 Å². The average Bonchev–Trinajstić information content (AvgIpc) is 3.18. The van der Waals surface area contributed by atoms with E-state index in [1.165, 1.54) is 7.11 Å². The van der Waals surface area contributed by atoms with E-state index in [1.54, 1.807) is 25.3 Å². The van der Waals surface area contributed by atoms with Crippen LogP contribution in [-0.4, -0.2) is 36.0 Å². The van der Waals surface area contributed by atoms with Gasteiger partial charge in [-0.1, -0.05) is 23.9 Å². The quantitative estimate of drug-likeness (QED) is 0.394. The van der Waals surface area contributed by atoms with Crippen molar-refractivity contribution >= 4 is 17.5 Å². The van der Waals surface area contributed by atoms with Crippen LogP contribution in [0.4, 0.5) is 0 Å². The third-order valence-electron chi connectivity index (χ3n) is 3.83. The first-order valence-electron chi connectivity index (χ1n) is 8.49. The number of hydrogen-bond donors (Lipinski definition) is 0. The number of aryl methyl sites for hydroxylation is 1. The molecular weight excluding hydrogens is 380 g/mol. The maximum atomic E-state index is 12.5. The number of Topliss-reactive ketones (excluding diaryl/α,β-unsaturated/α-hetero) is 1. The van der Waals surface area contributed by atoms with Gasteiger partial charge in [-0.3, -0.25) is 4.79 Å². The molecule has 1 heterocycles. The summed E-state index contributed by atoms with van der Waals surface area (Å²) in [6.07, 6.45) is 0. The number of benzene rings is 2. The largest absolute Gasteiger partial charge is 0.497 e. The van der Waals surface area contributed by atoms with E-state index in [2.05, 4.69) is 10.2 Å². The Morgan fingerprint density at radius 3 is 2.68 bits per heavy atom. The Morgan fingerprint density at radius 1 is 1.07 bits per heavy atom. The van der Waals surface area contributed by atoms with Gasteiger partial charge in [0.15, 0.2) is 12.4 Å². The van der Waals surface area contributed by atoms with E-state index in [9.17, 15) is 4.79 Å². The van der Waals surface area contributed by atoms with Crippen molar-refractivity contribution in [2.75, 3.05) is 20.0 Å². The fourth-order valence-corrected chi connectivity index (χ4v) is 3.11.